The van der Waals surface area contributed by atoms with E-state index >= 15 is 0 Å². The summed E-state index contributed by atoms with van der Waals surface area (Å²) in [4.78, 5) is 4.29. The second-order valence-corrected chi connectivity index (χ2v) is 5.03. The molecule has 1 aliphatic rings. The van der Waals surface area contributed by atoms with E-state index in [0.29, 0.717) is 6.04 Å². The molecular weight excluding hydrogens is 238 g/mol. The average molecular weight is 257 g/mol. The lowest BCUT2D eigenvalue weighted by molar-refractivity contribution is 0.0715. The van der Waals surface area contributed by atoms with Crippen molar-refractivity contribution >= 4 is 0 Å². The van der Waals surface area contributed by atoms with Crippen LogP contribution in [0, 0.1) is 6.92 Å². The number of aryl methyl sites for hydroxylation is 1. The quantitative estimate of drug-likeness (QED) is 0.912. The number of rotatable bonds is 3. The molecule has 4 nitrogen and oxygen atoms in total. The summed E-state index contributed by atoms with van der Waals surface area (Å²) in [5.74, 6) is 0. The highest BCUT2D eigenvalue weighted by Crippen LogP contribution is 2.20. The van der Waals surface area contributed by atoms with Crippen LogP contribution in [0.4, 0.5) is 0 Å². The topological polar surface area (TPSA) is 39.1 Å². The zero-order valence-electron chi connectivity index (χ0n) is 11.2. The summed E-state index contributed by atoms with van der Waals surface area (Å²) in [6.45, 7) is 5.51. The second-order valence-electron chi connectivity index (χ2n) is 5.03. The Labute approximate surface area is 113 Å². The molecule has 1 atom stereocenters. The first-order valence-electron chi connectivity index (χ1n) is 6.71. The normalized spacial score (nSPS) is 19.5. The monoisotopic (exact) mass is 257 g/mol. The number of nitrogens with one attached hydrogen (secondary N) is 1. The van der Waals surface area contributed by atoms with Gasteiger partial charge >= 0.3 is 0 Å². The standard InChI is InChI=1S/C15H19N3O/c1-12-3-2-4-13(7-12)15-8-16-11-18(15)9-14-10-19-6-5-17-14/h2-4,7-8,11,14,17H,5-6,9-10H2,1H3. The van der Waals surface area contributed by atoms with Crippen LogP contribution >= 0.6 is 0 Å². The maximum atomic E-state index is 5.50. The van der Waals surface area contributed by atoms with Gasteiger partial charge in [0.2, 0.25) is 0 Å². The fourth-order valence-corrected chi connectivity index (χ4v) is 2.49. The summed E-state index contributed by atoms with van der Waals surface area (Å²) in [5, 5.41) is 3.47. The van der Waals surface area contributed by atoms with E-state index in [4.69, 9.17) is 4.74 Å². The van der Waals surface area contributed by atoms with Gasteiger partial charge < -0.3 is 14.6 Å². The number of benzene rings is 1. The number of morpholine rings is 1. The fourth-order valence-electron chi connectivity index (χ4n) is 2.49. The molecular formula is C15H19N3O. The van der Waals surface area contributed by atoms with Gasteiger partial charge in [-0.25, -0.2) is 4.98 Å². The van der Waals surface area contributed by atoms with E-state index in [9.17, 15) is 0 Å². The number of imidazole rings is 1. The molecule has 1 aromatic carbocycles. The number of aromatic nitrogens is 2. The first-order valence-corrected chi connectivity index (χ1v) is 6.71. The van der Waals surface area contributed by atoms with Crippen molar-refractivity contribution in [2.45, 2.75) is 19.5 Å². The zero-order chi connectivity index (χ0) is 13.1. The van der Waals surface area contributed by atoms with Crippen molar-refractivity contribution in [1.82, 2.24) is 14.9 Å². The Morgan fingerprint density at radius 3 is 3.21 bits per heavy atom. The van der Waals surface area contributed by atoms with Gasteiger partial charge in [-0.1, -0.05) is 23.8 Å². The molecule has 0 bridgehead atoms. The number of hydrogen-bond donors (Lipinski definition) is 1. The number of ether oxygens (including phenoxy) is 1. The molecule has 2 aromatic rings. The van der Waals surface area contributed by atoms with Crippen molar-refractivity contribution in [3.8, 4) is 11.3 Å². The van der Waals surface area contributed by atoms with Crippen molar-refractivity contribution in [2.24, 2.45) is 0 Å². The second kappa shape index (κ2) is 5.55. The van der Waals surface area contributed by atoms with E-state index < -0.39 is 0 Å². The van der Waals surface area contributed by atoms with E-state index in [0.717, 1.165) is 32.0 Å². The summed E-state index contributed by atoms with van der Waals surface area (Å²) >= 11 is 0. The third kappa shape index (κ3) is 2.85. The molecule has 1 fully saturated rings. The van der Waals surface area contributed by atoms with Gasteiger partial charge in [0.1, 0.15) is 0 Å². The number of hydrogen-bond acceptors (Lipinski definition) is 3. The Morgan fingerprint density at radius 2 is 2.42 bits per heavy atom. The van der Waals surface area contributed by atoms with Gasteiger partial charge in [-0.3, -0.25) is 0 Å². The summed E-state index contributed by atoms with van der Waals surface area (Å²) in [6.07, 6.45) is 3.83. The minimum atomic E-state index is 0.367. The highest BCUT2D eigenvalue weighted by atomic mass is 16.5. The summed E-state index contributed by atoms with van der Waals surface area (Å²) in [5.41, 5.74) is 3.65. The van der Waals surface area contributed by atoms with Crippen LogP contribution in [0.1, 0.15) is 5.56 Å². The van der Waals surface area contributed by atoms with E-state index in [1.54, 1.807) is 0 Å². The van der Waals surface area contributed by atoms with E-state index in [-0.39, 0.29) is 0 Å². The minimum Gasteiger partial charge on any atom is -0.378 e. The predicted molar refractivity (Wildman–Crippen MR) is 75.0 cm³/mol. The SMILES string of the molecule is Cc1cccc(-c2cncn2CC2COCCN2)c1. The van der Waals surface area contributed by atoms with Crippen LogP contribution in [0.3, 0.4) is 0 Å². The molecule has 1 N–H and O–H groups in total. The Bertz CT molecular complexity index is 544. The molecule has 0 radical (unpaired) electrons. The van der Waals surface area contributed by atoms with E-state index in [2.05, 4.69) is 46.1 Å². The van der Waals surface area contributed by atoms with Crippen molar-refractivity contribution in [3.05, 3.63) is 42.4 Å². The lowest BCUT2D eigenvalue weighted by Gasteiger charge is -2.24. The lowest BCUT2D eigenvalue weighted by Crippen LogP contribution is -2.43. The van der Waals surface area contributed by atoms with Gasteiger partial charge in [-0.15, -0.1) is 0 Å². The Kier molecular flexibility index (Phi) is 3.62. The highest BCUT2D eigenvalue weighted by Gasteiger charge is 2.15. The maximum absolute atomic E-state index is 5.50. The lowest BCUT2D eigenvalue weighted by atomic mass is 10.1. The average Bonchev–Trinajstić information content (AvgIpc) is 2.88. The Morgan fingerprint density at radius 1 is 1.47 bits per heavy atom. The van der Waals surface area contributed by atoms with Gasteiger partial charge in [0.25, 0.3) is 0 Å². The van der Waals surface area contributed by atoms with Crippen molar-refractivity contribution in [1.29, 1.82) is 0 Å². The molecule has 0 saturated carbocycles. The molecule has 2 heterocycles. The van der Waals surface area contributed by atoms with Crippen LogP contribution < -0.4 is 5.32 Å². The van der Waals surface area contributed by atoms with Crippen molar-refractivity contribution < 1.29 is 4.74 Å². The molecule has 19 heavy (non-hydrogen) atoms. The number of nitrogens with zero attached hydrogens (tertiary/aromatic N) is 2. The van der Waals surface area contributed by atoms with Crippen LogP contribution in [0.5, 0.6) is 0 Å². The molecule has 1 unspecified atom stereocenters. The predicted octanol–water partition coefficient (Wildman–Crippen LogP) is 1.85. The molecule has 0 spiro atoms. The van der Waals surface area contributed by atoms with Crippen LogP contribution in [0.25, 0.3) is 11.3 Å². The summed E-state index contributed by atoms with van der Waals surface area (Å²) in [7, 11) is 0. The third-order valence-electron chi connectivity index (χ3n) is 3.44. The van der Waals surface area contributed by atoms with Gasteiger partial charge in [0.05, 0.1) is 31.4 Å². The minimum absolute atomic E-state index is 0.367. The van der Waals surface area contributed by atoms with Gasteiger partial charge in [0.15, 0.2) is 0 Å². The first-order chi connectivity index (χ1) is 9.33. The summed E-state index contributed by atoms with van der Waals surface area (Å²) in [6, 6.07) is 8.89. The summed E-state index contributed by atoms with van der Waals surface area (Å²) < 4.78 is 7.69. The van der Waals surface area contributed by atoms with Gasteiger partial charge in [0, 0.05) is 24.7 Å². The third-order valence-corrected chi connectivity index (χ3v) is 3.44. The molecule has 4 heteroatoms. The molecule has 0 amide bonds. The van der Waals surface area contributed by atoms with E-state index in [1.165, 1.54) is 11.1 Å². The fraction of sp³-hybridized carbons (Fsp3) is 0.400. The molecule has 1 aromatic heterocycles. The highest BCUT2D eigenvalue weighted by molar-refractivity contribution is 5.59. The smallest absolute Gasteiger partial charge is 0.0951 e. The van der Waals surface area contributed by atoms with Crippen molar-refractivity contribution in [3.63, 3.8) is 0 Å². The van der Waals surface area contributed by atoms with Crippen LogP contribution in [0.15, 0.2) is 36.8 Å². The Balaban J connectivity index is 1.81. The largest absolute Gasteiger partial charge is 0.378 e. The van der Waals surface area contributed by atoms with Crippen LogP contribution in [-0.2, 0) is 11.3 Å². The molecule has 0 aliphatic carbocycles. The molecule has 100 valence electrons. The van der Waals surface area contributed by atoms with Gasteiger partial charge in [-0.05, 0) is 13.0 Å². The van der Waals surface area contributed by atoms with Crippen molar-refractivity contribution in [2.75, 3.05) is 19.8 Å². The Hall–Kier alpha value is -1.65. The van der Waals surface area contributed by atoms with Crippen LogP contribution in [0.2, 0.25) is 0 Å². The maximum Gasteiger partial charge on any atom is 0.0951 e. The van der Waals surface area contributed by atoms with E-state index in [1.807, 2.05) is 12.5 Å². The molecule has 3 rings (SSSR count). The molecule has 1 saturated heterocycles. The molecule has 1 aliphatic heterocycles. The van der Waals surface area contributed by atoms with Gasteiger partial charge in [-0.2, -0.15) is 0 Å². The first kappa shape index (κ1) is 12.4. The van der Waals surface area contributed by atoms with Crippen LogP contribution in [-0.4, -0.2) is 35.4 Å². The zero-order valence-corrected chi connectivity index (χ0v) is 11.2.